The van der Waals surface area contributed by atoms with Crippen LogP contribution in [0.2, 0.25) is 0 Å². The van der Waals surface area contributed by atoms with Crippen LogP contribution in [0.15, 0.2) is 34.4 Å². The molecule has 0 radical (unpaired) electrons. The molecule has 1 aliphatic rings. The molecule has 5 nitrogen and oxygen atoms in total. The lowest BCUT2D eigenvalue weighted by Crippen LogP contribution is -2.38. The van der Waals surface area contributed by atoms with Crippen molar-refractivity contribution in [2.24, 2.45) is 0 Å². The second-order valence-electron chi connectivity index (χ2n) is 5.87. The van der Waals surface area contributed by atoms with Crippen LogP contribution >= 0.6 is 11.3 Å². The number of H-pyrrole nitrogens is 1. The van der Waals surface area contributed by atoms with Crippen molar-refractivity contribution in [1.29, 1.82) is 0 Å². The van der Waals surface area contributed by atoms with E-state index in [0.717, 1.165) is 18.8 Å². The van der Waals surface area contributed by atoms with Crippen LogP contribution in [0.4, 0.5) is 0 Å². The molecule has 0 unspecified atom stereocenters. The summed E-state index contributed by atoms with van der Waals surface area (Å²) in [6.07, 6.45) is 2.40. The normalized spacial score (nSPS) is 16.4. The fourth-order valence-electron chi connectivity index (χ4n) is 2.98. The Balaban J connectivity index is 1.71. The Morgan fingerprint density at radius 1 is 1.35 bits per heavy atom. The van der Waals surface area contributed by atoms with Crippen LogP contribution in [0, 0.1) is 6.92 Å². The summed E-state index contributed by atoms with van der Waals surface area (Å²) in [4.78, 5) is 30.5. The first-order chi connectivity index (χ1) is 11.1. The zero-order chi connectivity index (χ0) is 16.2. The molecule has 0 saturated carbocycles. The first-order valence-corrected chi connectivity index (χ1v) is 8.78. The minimum Gasteiger partial charge on any atom is -0.350 e. The maximum Gasteiger partial charge on any atom is 0.260 e. The summed E-state index contributed by atoms with van der Waals surface area (Å²) in [5.74, 6) is -0.313. The van der Waals surface area contributed by atoms with Crippen LogP contribution in [0.1, 0.15) is 39.8 Å². The SMILES string of the molecule is Cc1ccc(C(=O)NC[C@H](c2cccs2)N2CCCC2)c(=O)[nH]1. The molecule has 0 aliphatic carbocycles. The van der Waals surface area contributed by atoms with Crippen molar-refractivity contribution in [2.45, 2.75) is 25.8 Å². The van der Waals surface area contributed by atoms with Crippen molar-refractivity contribution < 1.29 is 4.79 Å². The molecule has 6 heteroatoms. The monoisotopic (exact) mass is 331 g/mol. The number of thiophene rings is 1. The Labute approximate surface area is 139 Å². The molecular formula is C17H21N3O2S. The van der Waals surface area contributed by atoms with Crippen LogP contribution in [-0.4, -0.2) is 35.4 Å². The van der Waals surface area contributed by atoms with Crippen LogP contribution < -0.4 is 10.9 Å². The lowest BCUT2D eigenvalue weighted by Gasteiger charge is -2.26. The van der Waals surface area contributed by atoms with E-state index in [1.165, 1.54) is 17.7 Å². The predicted molar refractivity (Wildman–Crippen MR) is 92.0 cm³/mol. The molecular weight excluding hydrogens is 310 g/mol. The molecule has 0 bridgehead atoms. The second-order valence-corrected chi connectivity index (χ2v) is 6.85. The minimum absolute atomic E-state index is 0.168. The zero-order valence-electron chi connectivity index (χ0n) is 13.2. The molecule has 23 heavy (non-hydrogen) atoms. The van der Waals surface area contributed by atoms with Gasteiger partial charge in [-0.15, -0.1) is 11.3 Å². The van der Waals surface area contributed by atoms with E-state index < -0.39 is 0 Å². The lowest BCUT2D eigenvalue weighted by molar-refractivity contribution is 0.0937. The number of pyridine rings is 1. The van der Waals surface area contributed by atoms with Gasteiger partial charge in [-0.3, -0.25) is 14.5 Å². The van der Waals surface area contributed by atoms with Crippen molar-refractivity contribution in [2.75, 3.05) is 19.6 Å². The van der Waals surface area contributed by atoms with Gasteiger partial charge in [0.15, 0.2) is 0 Å². The summed E-state index contributed by atoms with van der Waals surface area (Å²) in [7, 11) is 0. The molecule has 0 aromatic carbocycles. The van der Waals surface area contributed by atoms with Gasteiger partial charge in [0, 0.05) is 17.1 Å². The number of amides is 1. The summed E-state index contributed by atoms with van der Waals surface area (Å²) in [5.41, 5.74) is 0.582. The van der Waals surface area contributed by atoms with Crippen LogP contribution in [0.25, 0.3) is 0 Å². The molecule has 1 saturated heterocycles. The quantitative estimate of drug-likeness (QED) is 0.884. The molecule has 122 valence electrons. The van der Waals surface area contributed by atoms with Crippen molar-refractivity contribution in [1.82, 2.24) is 15.2 Å². The summed E-state index contributed by atoms with van der Waals surface area (Å²) in [5, 5.41) is 4.99. The zero-order valence-corrected chi connectivity index (χ0v) is 14.0. The third-order valence-corrected chi connectivity index (χ3v) is 5.18. The van der Waals surface area contributed by atoms with E-state index in [2.05, 4.69) is 26.6 Å². The number of aryl methyl sites for hydroxylation is 1. The molecule has 1 atom stereocenters. The highest BCUT2D eigenvalue weighted by Crippen LogP contribution is 2.27. The van der Waals surface area contributed by atoms with E-state index in [4.69, 9.17) is 0 Å². The second kappa shape index (κ2) is 7.10. The Morgan fingerprint density at radius 3 is 2.78 bits per heavy atom. The number of hydrogen-bond acceptors (Lipinski definition) is 4. The number of hydrogen-bond donors (Lipinski definition) is 2. The van der Waals surface area contributed by atoms with E-state index >= 15 is 0 Å². The summed E-state index contributed by atoms with van der Waals surface area (Å²) in [6, 6.07) is 7.66. The van der Waals surface area contributed by atoms with Crippen molar-refractivity contribution >= 4 is 17.2 Å². The molecule has 3 rings (SSSR count). The number of carbonyl (C=O) groups is 1. The van der Waals surface area contributed by atoms with Gasteiger partial charge in [0.1, 0.15) is 5.56 Å². The fraction of sp³-hybridized carbons (Fsp3) is 0.412. The van der Waals surface area contributed by atoms with Crippen LogP contribution in [0.3, 0.4) is 0 Å². The lowest BCUT2D eigenvalue weighted by atomic mass is 10.2. The summed E-state index contributed by atoms with van der Waals surface area (Å²) < 4.78 is 0. The highest BCUT2D eigenvalue weighted by atomic mass is 32.1. The molecule has 2 aromatic heterocycles. The average molecular weight is 331 g/mol. The molecule has 3 heterocycles. The minimum atomic E-state index is -0.337. The van der Waals surface area contributed by atoms with E-state index in [-0.39, 0.29) is 23.1 Å². The maximum absolute atomic E-state index is 12.3. The van der Waals surface area contributed by atoms with Gasteiger partial charge in [-0.1, -0.05) is 6.07 Å². The van der Waals surface area contributed by atoms with Gasteiger partial charge in [0.25, 0.3) is 11.5 Å². The smallest absolute Gasteiger partial charge is 0.260 e. The molecule has 2 N–H and O–H groups in total. The van der Waals surface area contributed by atoms with Crippen molar-refractivity contribution in [3.05, 3.63) is 56.1 Å². The largest absolute Gasteiger partial charge is 0.350 e. The number of carbonyl (C=O) groups excluding carboxylic acids is 1. The number of nitrogens with one attached hydrogen (secondary N) is 2. The molecule has 1 aliphatic heterocycles. The Kier molecular flexibility index (Phi) is 4.93. The predicted octanol–water partition coefficient (Wildman–Crippen LogP) is 2.31. The number of aromatic nitrogens is 1. The highest BCUT2D eigenvalue weighted by Gasteiger charge is 2.25. The highest BCUT2D eigenvalue weighted by molar-refractivity contribution is 7.10. The first kappa shape index (κ1) is 16.0. The maximum atomic E-state index is 12.3. The third kappa shape index (κ3) is 3.71. The van der Waals surface area contributed by atoms with E-state index in [9.17, 15) is 9.59 Å². The Hall–Kier alpha value is -1.92. The van der Waals surface area contributed by atoms with E-state index in [1.807, 2.05) is 6.07 Å². The standard InChI is InChI=1S/C17H21N3O2S/c1-12-6-7-13(17(22)19-12)16(21)18-11-14(15-5-4-10-23-15)20-8-2-3-9-20/h4-7,10,14H,2-3,8-9,11H2,1H3,(H,18,21)(H,19,22)/t14-/m1/s1. The van der Waals surface area contributed by atoms with Gasteiger partial charge in [0.2, 0.25) is 0 Å². The molecule has 0 spiro atoms. The van der Waals surface area contributed by atoms with Gasteiger partial charge in [-0.05, 0) is 56.4 Å². The Morgan fingerprint density at radius 2 is 2.13 bits per heavy atom. The third-order valence-electron chi connectivity index (χ3n) is 4.21. The van der Waals surface area contributed by atoms with Crippen LogP contribution in [0.5, 0.6) is 0 Å². The summed E-state index contributed by atoms with van der Waals surface area (Å²) in [6.45, 7) is 4.43. The number of nitrogens with zero attached hydrogens (tertiary/aromatic N) is 1. The first-order valence-electron chi connectivity index (χ1n) is 7.91. The average Bonchev–Trinajstić information content (AvgIpc) is 3.21. The van der Waals surface area contributed by atoms with Gasteiger partial charge in [0.05, 0.1) is 6.04 Å². The van der Waals surface area contributed by atoms with E-state index in [1.54, 1.807) is 30.4 Å². The van der Waals surface area contributed by atoms with Crippen LogP contribution in [-0.2, 0) is 0 Å². The molecule has 1 fully saturated rings. The number of rotatable bonds is 5. The van der Waals surface area contributed by atoms with Crippen molar-refractivity contribution in [3.8, 4) is 0 Å². The fourth-order valence-corrected chi connectivity index (χ4v) is 3.84. The van der Waals surface area contributed by atoms with Gasteiger partial charge in [-0.25, -0.2) is 0 Å². The van der Waals surface area contributed by atoms with E-state index in [0.29, 0.717) is 6.54 Å². The van der Waals surface area contributed by atoms with Gasteiger partial charge < -0.3 is 10.3 Å². The Bertz CT molecular complexity index is 718. The van der Waals surface area contributed by atoms with Crippen molar-refractivity contribution in [3.63, 3.8) is 0 Å². The van der Waals surface area contributed by atoms with Gasteiger partial charge in [-0.2, -0.15) is 0 Å². The summed E-state index contributed by atoms with van der Waals surface area (Å²) >= 11 is 1.71. The topological polar surface area (TPSA) is 65.2 Å². The number of likely N-dealkylation sites (tertiary alicyclic amines) is 1. The molecule has 1 amide bonds. The van der Waals surface area contributed by atoms with Gasteiger partial charge >= 0.3 is 0 Å². The molecule has 2 aromatic rings. The number of aromatic amines is 1.